The average molecular weight is 303 g/mol. The van der Waals surface area contributed by atoms with Gasteiger partial charge in [0, 0.05) is 19.6 Å². The third-order valence-corrected chi connectivity index (χ3v) is 3.33. The van der Waals surface area contributed by atoms with Crippen molar-refractivity contribution in [1.29, 1.82) is 0 Å². The summed E-state index contributed by atoms with van der Waals surface area (Å²) in [6.07, 6.45) is -4.00. The van der Waals surface area contributed by atoms with Crippen LogP contribution in [0.5, 0.6) is 5.75 Å². The lowest BCUT2D eigenvalue weighted by molar-refractivity contribution is -0.137. The summed E-state index contributed by atoms with van der Waals surface area (Å²) in [6.45, 7) is 6.69. The highest BCUT2D eigenvalue weighted by molar-refractivity contribution is 5.30. The Morgan fingerprint density at radius 1 is 1.24 bits per heavy atom. The molecule has 0 radical (unpaired) electrons. The first kappa shape index (κ1) is 16.1. The summed E-state index contributed by atoms with van der Waals surface area (Å²) in [4.78, 5) is 2.20. The summed E-state index contributed by atoms with van der Waals surface area (Å²) in [5.74, 6) is 0.249. The van der Waals surface area contributed by atoms with Gasteiger partial charge in [0.25, 0.3) is 0 Å². The molecule has 6 heteroatoms. The average Bonchev–Trinajstić information content (AvgIpc) is 2.37. The zero-order valence-electron chi connectivity index (χ0n) is 12.2. The standard InChI is InChI=1S/C15H20F3NO2/c1-11-9-19(10-12(2)21-11)6-7-20-14-5-3-4-13(8-14)15(16,17)18/h3-5,8,11-12H,6-7,9-10H2,1-2H3/t11-,12+. The second-order valence-electron chi connectivity index (χ2n) is 5.39. The van der Waals surface area contributed by atoms with Crippen LogP contribution >= 0.6 is 0 Å². The maximum Gasteiger partial charge on any atom is 0.416 e. The SMILES string of the molecule is C[C@@H]1CN(CCOc2cccc(C(F)(F)F)c2)C[C@H](C)O1. The molecule has 0 amide bonds. The van der Waals surface area contributed by atoms with Crippen LogP contribution in [0.1, 0.15) is 19.4 Å². The number of alkyl halides is 3. The van der Waals surface area contributed by atoms with Crippen LogP contribution in [0.2, 0.25) is 0 Å². The van der Waals surface area contributed by atoms with Crippen LogP contribution in [-0.2, 0) is 10.9 Å². The summed E-state index contributed by atoms with van der Waals surface area (Å²) >= 11 is 0. The van der Waals surface area contributed by atoms with Crippen molar-refractivity contribution in [3.63, 3.8) is 0 Å². The quantitative estimate of drug-likeness (QED) is 0.852. The van der Waals surface area contributed by atoms with Gasteiger partial charge in [0.1, 0.15) is 12.4 Å². The molecule has 0 unspecified atom stereocenters. The van der Waals surface area contributed by atoms with Gasteiger partial charge < -0.3 is 9.47 Å². The minimum absolute atomic E-state index is 0.169. The van der Waals surface area contributed by atoms with Crippen molar-refractivity contribution in [2.24, 2.45) is 0 Å². The smallest absolute Gasteiger partial charge is 0.416 e. The van der Waals surface area contributed by atoms with E-state index in [0.717, 1.165) is 25.2 Å². The van der Waals surface area contributed by atoms with Crippen molar-refractivity contribution in [1.82, 2.24) is 4.90 Å². The first-order valence-corrected chi connectivity index (χ1v) is 7.02. The van der Waals surface area contributed by atoms with Crippen LogP contribution in [-0.4, -0.2) is 43.3 Å². The highest BCUT2D eigenvalue weighted by Gasteiger charge is 2.30. The van der Waals surface area contributed by atoms with Gasteiger partial charge in [-0.15, -0.1) is 0 Å². The second kappa shape index (κ2) is 6.66. The molecule has 0 aromatic heterocycles. The molecule has 118 valence electrons. The van der Waals surface area contributed by atoms with Gasteiger partial charge in [0.15, 0.2) is 0 Å². The molecular weight excluding hydrogens is 283 g/mol. The Morgan fingerprint density at radius 2 is 1.90 bits per heavy atom. The highest BCUT2D eigenvalue weighted by atomic mass is 19.4. The van der Waals surface area contributed by atoms with E-state index in [-0.39, 0.29) is 18.0 Å². The van der Waals surface area contributed by atoms with Gasteiger partial charge in [0.05, 0.1) is 17.8 Å². The van der Waals surface area contributed by atoms with E-state index in [1.54, 1.807) is 6.07 Å². The normalized spacial score (nSPS) is 24.0. The lowest BCUT2D eigenvalue weighted by Crippen LogP contribution is -2.46. The van der Waals surface area contributed by atoms with Crippen LogP contribution in [0, 0.1) is 0 Å². The van der Waals surface area contributed by atoms with Gasteiger partial charge in [0.2, 0.25) is 0 Å². The van der Waals surface area contributed by atoms with E-state index >= 15 is 0 Å². The molecule has 1 aliphatic rings. The van der Waals surface area contributed by atoms with Crippen LogP contribution < -0.4 is 4.74 Å². The number of benzene rings is 1. The number of morpholine rings is 1. The van der Waals surface area contributed by atoms with E-state index < -0.39 is 11.7 Å². The third kappa shape index (κ3) is 4.89. The number of hydrogen-bond acceptors (Lipinski definition) is 3. The number of rotatable bonds is 4. The molecule has 1 saturated heterocycles. The van der Waals surface area contributed by atoms with E-state index in [1.165, 1.54) is 6.07 Å². The Labute approximate surface area is 122 Å². The summed E-state index contributed by atoms with van der Waals surface area (Å²) in [6, 6.07) is 4.97. The fraction of sp³-hybridized carbons (Fsp3) is 0.600. The van der Waals surface area contributed by atoms with Crippen molar-refractivity contribution in [2.75, 3.05) is 26.2 Å². The molecule has 3 nitrogen and oxygen atoms in total. The molecule has 0 N–H and O–H groups in total. The van der Waals surface area contributed by atoms with Gasteiger partial charge >= 0.3 is 6.18 Å². The summed E-state index contributed by atoms with van der Waals surface area (Å²) in [7, 11) is 0. The molecule has 1 aliphatic heterocycles. The molecule has 0 aliphatic carbocycles. The number of ether oxygens (including phenoxy) is 2. The molecule has 0 bridgehead atoms. The topological polar surface area (TPSA) is 21.7 Å². The molecule has 0 saturated carbocycles. The summed E-state index contributed by atoms with van der Waals surface area (Å²) in [5, 5.41) is 0. The fourth-order valence-electron chi connectivity index (χ4n) is 2.52. The predicted octanol–water partition coefficient (Wildman–Crippen LogP) is 3.19. The second-order valence-corrected chi connectivity index (χ2v) is 5.39. The van der Waals surface area contributed by atoms with E-state index in [9.17, 15) is 13.2 Å². The largest absolute Gasteiger partial charge is 0.492 e. The van der Waals surface area contributed by atoms with Gasteiger partial charge in [-0.1, -0.05) is 6.07 Å². The van der Waals surface area contributed by atoms with Gasteiger partial charge in [-0.25, -0.2) is 0 Å². The van der Waals surface area contributed by atoms with Crippen molar-refractivity contribution in [2.45, 2.75) is 32.2 Å². The first-order valence-electron chi connectivity index (χ1n) is 7.02. The van der Waals surface area contributed by atoms with Gasteiger partial charge in [-0.2, -0.15) is 13.2 Å². The van der Waals surface area contributed by atoms with E-state index in [4.69, 9.17) is 9.47 Å². The maximum absolute atomic E-state index is 12.6. The summed E-state index contributed by atoms with van der Waals surface area (Å²) in [5.41, 5.74) is -0.686. The predicted molar refractivity (Wildman–Crippen MR) is 73.4 cm³/mol. The van der Waals surface area contributed by atoms with Crippen molar-refractivity contribution < 1.29 is 22.6 Å². The molecular formula is C15H20F3NO2. The van der Waals surface area contributed by atoms with E-state index in [1.807, 2.05) is 13.8 Å². The minimum atomic E-state index is -4.34. The molecule has 1 heterocycles. The van der Waals surface area contributed by atoms with Crippen LogP contribution in [0.25, 0.3) is 0 Å². The zero-order valence-corrected chi connectivity index (χ0v) is 12.2. The Morgan fingerprint density at radius 3 is 2.52 bits per heavy atom. The third-order valence-electron chi connectivity index (χ3n) is 3.33. The fourth-order valence-corrected chi connectivity index (χ4v) is 2.52. The molecule has 1 aromatic rings. The van der Waals surface area contributed by atoms with Gasteiger partial charge in [-0.3, -0.25) is 4.90 Å². The molecule has 0 spiro atoms. The van der Waals surface area contributed by atoms with Crippen molar-refractivity contribution >= 4 is 0 Å². The number of nitrogens with zero attached hydrogens (tertiary/aromatic N) is 1. The first-order chi connectivity index (χ1) is 9.84. The number of hydrogen-bond donors (Lipinski definition) is 0. The van der Waals surface area contributed by atoms with E-state index in [2.05, 4.69) is 4.90 Å². The molecule has 21 heavy (non-hydrogen) atoms. The Bertz CT molecular complexity index is 454. The molecule has 2 atom stereocenters. The minimum Gasteiger partial charge on any atom is -0.492 e. The monoisotopic (exact) mass is 303 g/mol. The Hall–Kier alpha value is -1.27. The van der Waals surface area contributed by atoms with Crippen molar-refractivity contribution in [3.8, 4) is 5.75 Å². The Balaban J connectivity index is 1.83. The van der Waals surface area contributed by atoms with Crippen molar-refractivity contribution in [3.05, 3.63) is 29.8 Å². The summed E-state index contributed by atoms with van der Waals surface area (Å²) < 4.78 is 48.8. The lowest BCUT2D eigenvalue weighted by Gasteiger charge is -2.35. The maximum atomic E-state index is 12.6. The highest BCUT2D eigenvalue weighted by Crippen LogP contribution is 2.31. The van der Waals surface area contributed by atoms with Crippen LogP contribution in [0.15, 0.2) is 24.3 Å². The number of halogens is 3. The zero-order chi connectivity index (χ0) is 15.5. The Kier molecular flexibility index (Phi) is 5.11. The van der Waals surface area contributed by atoms with E-state index in [0.29, 0.717) is 13.2 Å². The molecule has 2 rings (SSSR count). The molecule has 1 aromatic carbocycles. The van der Waals surface area contributed by atoms with Crippen LogP contribution in [0.3, 0.4) is 0 Å². The molecule has 1 fully saturated rings. The lowest BCUT2D eigenvalue weighted by atomic mass is 10.2. The van der Waals surface area contributed by atoms with Gasteiger partial charge in [-0.05, 0) is 32.0 Å². The van der Waals surface area contributed by atoms with Crippen LogP contribution in [0.4, 0.5) is 13.2 Å².